The van der Waals surface area contributed by atoms with Crippen molar-refractivity contribution in [2.75, 3.05) is 9.80 Å². The molecule has 0 radical (unpaired) electrons. The van der Waals surface area contributed by atoms with Gasteiger partial charge in [-0.05, 0) is 214 Å². The zero-order valence-corrected chi connectivity index (χ0v) is 46.1. The van der Waals surface area contributed by atoms with Gasteiger partial charge >= 0.3 is 0 Å². The van der Waals surface area contributed by atoms with E-state index in [1.807, 2.05) is 11.3 Å². The van der Waals surface area contributed by atoms with Crippen LogP contribution < -0.4 is 9.80 Å². The van der Waals surface area contributed by atoms with E-state index in [4.69, 9.17) is 0 Å². The van der Waals surface area contributed by atoms with E-state index in [2.05, 4.69) is 296 Å². The lowest BCUT2D eigenvalue weighted by atomic mass is 9.81. The van der Waals surface area contributed by atoms with Crippen molar-refractivity contribution in [3.8, 4) is 22.3 Å². The second-order valence-electron chi connectivity index (χ2n) is 22.6. The van der Waals surface area contributed by atoms with Crippen LogP contribution in [-0.4, -0.2) is 0 Å². The maximum absolute atomic E-state index is 2.42. The summed E-state index contributed by atoms with van der Waals surface area (Å²) in [7, 11) is 0. The molecule has 0 saturated carbocycles. The minimum Gasteiger partial charge on any atom is -0.310 e. The van der Waals surface area contributed by atoms with Crippen molar-refractivity contribution >= 4 is 89.9 Å². The molecule has 2 aliphatic rings. The summed E-state index contributed by atoms with van der Waals surface area (Å²) in [6, 6.07) is 77.1. The van der Waals surface area contributed by atoms with E-state index in [0.29, 0.717) is 0 Å². The number of benzene rings is 10. The Morgan fingerprint density at radius 2 is 0.623 bits per heavy atom. The molecule has 1 heterocycles. The largest absolute Gasteiger partial charge is 0.310 e. The van der Waals surface area contributed by atoms with E-state index in [0.717, 1.165) is 11.4 Å². The molecule has 0 atom stereocenters. The summed E-state index contributed by atoms with van der Waals surface area (Å²) >= 11 is 1.87. The topological polar surface area (TPSA) is 6.48 Å². The molecule has 0 bridgehead atoms. The average Bonchev–Trinajstić information content (AvgIpc) is 4.23. The summed E-state index contributed by atoms with van der Waals surface area (Å²) in [5.41, 5.74) is 27.3. The number of fused-ring (bicyclic) bond motifs is 9. The van der Waals surface area contributed by atoms with E-state index >= 15 is 0 Å². The standard InChI is InChI=1S/C74H62N2S/c1-47-35-48(2)38-59(37-47)75(55-15-11-9-12-16-55)57-27-31-63-61-29-23-53(43-67(61)73(5,6)69(63)45-57)21-19-51-25-33-71-65(41-51)66-42-52(26-34-72(66)77-71)20-22-54-24-30-62-64-32-28-58(46-70(64)74(7,8)68(62)44-54)76(56-17-13-10-14-18-56)60-39-49(3)36-50(4)40-60/h9-46H,1-8H3/b21-19+,22-20+. The lowest BCUT2D eigenvalue weighted by Crippen LogP contribution is -2.16. The normalized spacial score (nSPS) is 13.8. The van der Waals surface area contributed by atoms with Gasteiger partial charge < -0.3 is 9.80 Å². The van der Waals surface area contributed by atoms with Crippen LogP contribution in [-0.2, 0) is 10.8 Å². The molecule has 0 spiro atoms. The summed E-state index contributed by atoms with van der Waals surface area (Å²) in [4.78, 5) is 4.80. The molecule has 10 aromatic carbocycles. The number of rotatable bonds is 10. The van der Waals surface area contributed by atoms with Crippen molar-refractivity contribution in [1.82, 2.24) is 0 Å². The van der Waals surface area contributed by atoms with Crippen LogP contribution in [0.5, 0.6) is 0 Å². The summed E-state index contributed by atoms with van der Waals surface area (Å²) in [6.07, 6.45) is 9.13. The van der Waals surface area contributed by atoms with Crippen LogP contribution in [0.3, 0.4) is 0 Å². The summed E-state index contributed by atoms with van der Waals surface area (Å²) in [6.45, 7) is 18.3. The first-order valence-corrected chi connectivity index (χ1v) is 27.9. The van der Waals surface area contributed by atoms with Gasteiger partial charge in [-0.3, -0.25) is 0 Å². The molecule has 0 N–H and O–H groups in total. The molecule has 0 amide bonds. The molecule has 77 heavy (non-hydrogen) atoms. The Hall–Kier alpha value is -8.50. The molecule has 374 valence electrons. The molecule has 0 unspecified atom stereocenters. The molecule has 13 rings (SSSR count). The van der Waals surface area contributed by atoms with E-state index < -0.39 is 0 Å². The summed E-state index contributed by atoms with van der Waals surface area (Å²) < 4.78 is 2.62. The Morgan fingerprint density at radius 1 is 0.299 bits per heavy atom. The zero-order valence-electron chi connectivity index (χ0n) is 45.2. The highest BCUT2D eigenvalue weighted by Gasteiger charge is 2.38. The first kappa shape index (κ1) is 48.2. The second-order valence-corrected chi connectivity index (χ2v) is 23.7. The fourth-order valence-corrected chi connectivity index (χ4v) is 13.7. The van der Waals surface area contributed by atoms with Crippen molar-refractivity contribution in [2.45, 2.75) is 66.2 Å². The lowest BCUT2D eigenvalue weighted by Gasteiger charge is -2.28. The van der Waals surface area contributed by atoms with Gasteiger partial charge in [-0.15, -0.1) is 11.3 Å². The van der Waals surface area contributed by atoms with Crippen molar-refractivity contribution < 1.29 is 0 Å². The molecular formula is C74H62N2S. The van der Waals surface area contributed by atoms with Gasteiger partial charge in [0.2, 0.25) is 0 Å². The number of aryl methyl sites for hydroxylation is 4. The molecule has 11 aromatic rings. The van der Waals surface area contributed by atoms with E-state index in [1.54, 1.807) is 0 Å². The molecule has 2 aliphatic carbocycles. The van der Waals surface area contributed by atoms with Gasteiger partial charge in [0.1, 0.15) is 0 Å². The number of para-hydroxylation sites is 2. The van der Waals surface area contributed by atoms with Gasteiger partial charge in [-0.25, -0.2) is 0 Å². The Morgan fingerprint density at radius 3 is 1.00 bits per heavy atom. The molecule has 0 aliphatic heterocycles. The van der Waals surface area contributed by atoms with Gasteiger partial charge in [-0.2, -0.15) is 0 Å². The van der Waals surface area contributed by atoms with Crippen molar-refractivity contribution in [1.29, 1.82) is 0 Å². The highest BCUT2D eigenvalue weighted by molar-refractivity contribution is 7.25. The number of hydrogen-bond acceptors (Lipinski definition) is 3. The van der Waals surface area contributed by atoms with Crippen LogP contribution in [0.25, 0.3) is 66.7 Å². The maximum Gasteiger partial charge on any atom is 0.0466 e. The van der Waals surface area contributed by atoms with Gasteiger partial charge in [0.05, 0.1) is 0 Å². The van der Waals surface area contributed by atoms with E-state index in [1.165, 1.54) is 132 Å². The fraction of sp³-hybridized carbons (Fsp3) is 0.135. The first-order chi connectivity index (χ1) is 37.2. The highest BCUT2D eigenvalue weighted by Crippen LogP contribution is 2.53. The minimum absolute atomic E-state index is 0.169. The molecule has 0 fully saturated rings. The molecular weight excluding hydrogens is 949 g/mol. The minimum atomic E-state index is -0.169. The zero-order chi connectivity index (χ0) is 52.7. The maximum atomic E-state index is 2.42. The SMILES string of the molecule is Cc1cc(C)cc(N(c2ccccc2)c2ccc3c(c2)C(C)(C)c2cc(/C=C/c4ccc5sc6ccc(/C=C/c7ccc8c(c7)C(C)(C)c7cc(N(c9ccccc9)c9cc(C)cc(C)c9)ccc7-8)cc6c5c4)ccc2-3)c1. The van der Waals surface area contributed by atoms with Crippen LogP contribution in [0.15, 0.2) is 206 Å². The monoisotopic (exact) mass is 1010 g/mol. The van der Waals surface area contributed by atoms with Crippen molar-refractivity contribution in [3.63, 3.8) is 0 Å². The first-order valence-electron chi connectivity index (χ1n) is 27.0. The lowest BCUT2D eigenvalue weighted by molar-refractivity contribution is 0.660. The number of thiophene rings is 1. The quantitative estimate of drug-likeness (QED) is 0.126. The third-order valence-electron chi connectivity index (χ3n) is 16.3. The summed E-state index contributed by atoms with van der Waals surface area (Å²) in [5, 5.41) is 2.60. The number of nitrogens with zero attached hydrogens (tertiary/aromatic N) is 2. The van der Waals surface area contributed by atoms with Gasteiger partial charge in [0.25, 0.3) is 0 Å². The average molecular weight is 1010 g/mol. The van der Waals surface area contributed by atoms with Crippen molar-refractivity contribution in [3.05, 3.63) is 273 Å². The van der Waals surface area contributed by atoms with E-state index in [9.17, 15) is 0 Å². The third kappa shape index (κ3) is 8.60. The molecule has 0 saturated heterocycles. The van der Waals surface area contributed by atoms with E-state index in [-0.39, 0.29) is 10.8 Å². The molecule has 2 nitrogen and oxygen atoms in total. The van der Waals surface area contributed by atoms with Gasteiger partial charge in [0.15, 0.2) is 0 Å². The van der Waals surface area contributed by atoms with Crippen LogP contribution in [0, 0.1) is 27.7 Å². The molecule has 3 heteroatoms. The number of hydrogen-bond donors (Lipinski definition) is 0. The highest BCUT2D eigenvalue weighted by atomic mass is 32.1. The van der Waals surface area contributed by atoms with Gasteiger partial charge in [-0.1, -0.05) is 161 Å². The van der Waals surface area contributed by atoms with Crippen LogP contribution in [0.2, 0.25) is 0 Å². The van der Waals surface area contributed by atoms with Crippen LogP contribution in [0.1, 0.15) is 94.5 Å². The Bertz CT molecular complexity index is 3900. The second kappa shape index (κ2) is 18.7. The van der Waals surface area contributed by atoms with Crippen molar-refractivity contribution in [2.24, 2.45) is 0 Å². The number of anilines is 6. The van der Waals surface area contributed by atoms with Gasteiger partial charge in [0, 0.05) is 65.1 Å². The Balaban J connectivity index is 0.753. The smallest absolute Gasteiger partial charge is 0.0466 e. The Labute approximate surface area is 458 Å². The van der Waals surface area contributed by atoms with Crippen LogP contribution in [0.4, 0.5) is 34.1 Å². The predicted octanol–water partition coefficient (Wildman–Crippen LogP) is 21.2. The fourth-order valence-electron chi connectivity index (χ4n) is 12.6. The Kier molecular flexibility index (Phi) is 11.7. The molecule has 1 aromatic heterocycles. The third-order valence-corrected chi connectivity index (χ3v) is 17.4. The summed E-state index contributed by atoms with van der Waals surface area (Å²) in [5.74, 6) is 0. The predicted molar refractivity (Wildman–Crippen MR) is 334 cm³/mol. The van der Waals surface area contributed by atoms with Crippen LogP contribution >= 0.6 is 11.3 Å².